The van der Waals surface area contributed by atoms with E-state index in [0.717, 1.165) is 35.4 Å². The van der Waals surface area contributed by atoms with Crippen molar-refractivity contribution in [3.8, 4) is 5.75 Å². The zero-order chi connectivity index (χ0) is 13.9. The average molecular weight is 258 g/mol. The number of fused-ring (bicyclic) bond motifs is 1. The molecule has 102 valence electrons. The first-order valence-electron chi connectivity index (χ1n) is 6.78. The normalized spacial score (nSPS) is 11.8. The van der Waals surface area contributed by atoms with Crippen molar-refractivity contribution in [2.45, 2.75) is 39.8 Å². The van der Waals surface area contributed by atoms with Crippen LogP contribution in [-0.2, 0) is 6.54 Å². The van der Waals surface area contributed by atoms with Crippen LogP contribution in [0.3, 0.4) is 0 Å². The fourth-order valence-corrected chi connectivity index (χ4v) is 1.95. The molecule has 0 bridgehead atoms. The molecule has 1 aromatic heterocycles. The number of para-hydroxylation sites is 1. The van der Waals surface area contributed by atoms with Gasteiger partial charge in [-0.15, -0.1) is 0 Å². The topological polar surface area (TPSA) is 34.1 Å². The Labute approximate surface area is 115 Å². The number of nitrogens with zero attached hydrogens (tertiary/aromatic N) is 1. The van der Waals surface area contributed by atoms with Crippen LogP contribution in [0.25, 0.3) is 10.9 Å². The molecule has 0 radical (unpaired) electrons. The number of nitrogens with one attached hydrogen (secondary N) is 1. The highest BCUT2D eigenvalue weighted by Crippen LogP contribution is 2.28. The summed E-state index contributed by atoms with van der Waals surface area (Å²) < 4.78 is 6.07. The van der Waals surface area contributed by atoms with Crippen LogP contribution in [0.1, 0.15) is 33.4 Å². The van der Waals surface area contributed by atoms with Gasteiger partial charge in [-0.2, -0.15) is 0 Å². The Hall–Kier alpha value is -1.61. The zero-order valence-corrected chi connectivity index (χ0v) is 12.2. The van der Waals surface area contributed by atoms with Gasteiger partial charge in [-0.3, -0.25) is 4.98 Å². The van der Waals surface area contributed by atoms with Gasteiger partial charge in [-0.05, 0) is 39.4 Å². The van der Waals surface area contributed by atoms with Crippen LogP contribution in [0, 0.1) is 0 Å². The van der Waals surface area contributed by atoms with Crippen molar-refractivity contribution in [1.82, 2.24) is 10.3 Å². The Bertz CT molecular complexity index is 558. The third-order valence-electron chi connectivity index (χ3n) is 2.70. The molecule has 1 heterocycles. The smallest absolute Gasteiger partial charge is 0.131 e. The van der Waals surface area contributed by atoms with E-state index in [0.29, 0.717) is 0 Å². The molecule has 2 rings (SSSR count). The maximum Gasteiger partial charge on any atom is 0.131 e. The number of ether oxygens (including phenoxy) is 1. The largest absolute Gasteiger partial charge is 0.487 e. The van der Waals surface area contributed by atoms with Crippen LogP contribution in [0.4, 0.5) is 0 Å². The Morgan fingerprint density at radius 1 is 1.21 bits per heavy atom. The van der Waals surface area contributed by atoms with Gasteiger partial charge in [0.15, 0.2) is 0 Å². The summed E-state index contributed by atoms with van der Waals surface area (Å²) in [6.45, 7) is 9.98. The molecule has 0 aliphatic heterocycles. The first kappa shape index (κ1) is 13.8. The number of benzene rings is 1. The summed E-state index contributed by atoms with van der Waals surface area (Å²) in [5, 5.41) is 4.37. The Morgan fingerprint density at radius 2 is 1.95 bits per heavy atom. The maximum atomic E-state index is 6.07. The Morgan fingerprint density at radius 3 is 2.63 bits per heavy atom. The lowest BCUT2D eigenvalue weighted by molar-refractivity contribution is 0.133. The molecule has 3 nitrogen and oxygen atoms in total. The van der Waals surface area contributed by atoms with Gasteiger partial charge in [0.1, 0.15) is 11.4 Å². The Balaban J connectivity index is 2.45. The van der Waals surface area contributed by atoms with E-state index < -0.39 is 0 Å². The quantitative estimate of drug-likeness (QED) is 0.911. The van der Waals surface area contributed by atoms with E-state index >= 15 is 0 Å². The molecule has 1 N–H and O–H groups in total. The minimum atomic E-state index is -0.209. The zero-order valence-electron chi connectivity index (χ0n) is 12.2. The molecule has 0 saturated carbocycles. The van der Waals surface area contributed by atoms with Gasteiger partial charge in [0.05, 0.1) is 11.2 Å². The average Bonchev–Trinajstić information content (AvgIpc) is 2.34. The SMILES string of the molecule is CCNCc1cc(OC(C)(C)C)c2ccccc2n1. The molecule has 0 amide bonds. The molecular weight excluding hydrogens is 236 g/mol. The number of aromatic nitrogens is 1. The second-order valence-corrected chi connectivity index (χ2v) is 5.62. The second-order valence-electron chi connectivity index (χ2n) is 5.62. The molecule has 0 aliphatic carbocycles. The lowest BCUT2D eigenvalue weighted by atomic mass is 10.1. The Kier molecular flexibility index (Phi) is 4.05. The minimum absolute atomic E-state index is 0.209. The second kappa shape index (κ2) is 5.57. The molecule has 19 heavy (non-hydrogen) atoms. The van der Waals surface area contributed by atoms with Crippen molar-refractivity contribution in [3.05, 3.63) is 36.0 Å². The van der Waals surface area contributed by atoms with Crippen molar-refractivity contribution in [2.75, 3.05) is 6.54 Å². The third kappa shape index (κ3) is 3.67. The van der Waals surface area contributed by atoms with E-state index in [4.69, 9.17) is 4.74 Å². The van der Waals surface area contributed by atoms with E-state index in [2.05, 4.69) is 44.1 Å². The summed E-state index contributed by atoms with van der Waals surface area (Å²) in [5.74, 6) is 0.908. The van der Waals surface area contributed by atoms with Crippen LogP contribution < -0.4 is 10.1 Å². The number of hydrogen-bond donors (Lipinski definition) is 1. The summed E-state index contributed by atoms with van der Waals surface area (Å²) in [4.78, 5) is 4.66. The number of hydrogen-bond acceptors (Lipinski definition) is 3. The van der Waals surface area contributed by atoms with Gasteiger partial charge >= 0.3 is 0 Å². The van der Waals surface area contributed by atoms with Crippen molar-refractivity contribution >= 4 is 10.9 Å². The highest BCUT2D eigenvalue weighted by Gasteiger charge is 2.15. The van der Waals surface area contributed by atoms with Gasteiger partial charge in [-0.25, -0.2) is 0 Å². The number of rotatable bonds is 4. The lowest BCUT2D eigenvalue weighted by Gasteiger charge is -2.23. The van der Waals surface area contributed by atoms with Gasteiger partial charge < -0.3 is 10.1 Å². The van der Waals surface area contributed by atoms with Gasteiger partial charge in [0.25, 0.3) is 0 Å². The molecule has 0 spiro atoms. The monoisotopic (exact) mass is 258 g/mol. The van der Waals surface area contributed by atoms with Crippen molar-refractivity contribution in [3.63, 3.8) is 0 Å². The summed E-state index contributed by atoms with van der Waals surface area (Å²) >= 11 is 0. The molecule has 0 aliphatic rings. The maximum absolute atomic E-state index is 6.07. The summed E-state index contributed by atoms with van der Waals surface area (Å²) in [6, 6.07) is 10.1. The highest BCUT2D eigenvalue weighted by molar-refractivity contribution is 5.85. The fraction of sp³-hybridized carbons (Fsp3) is 0.438. The van der Waals surface area contributed by atoms with Crippen molar-refractivity contribution in [2.24, 2.45) is 0 Å². The highest BCUT2D eigenvalue weighted by atomic mass is 16.5. The molecule has 1 aromatic carbocycles. The molecule has 0 saturated heterocycles. The van der Waals surface area contributed by atoms with Gasteiger partial charge in [-0.1, -0.05) is 19.1 Å². The predicted octanol–water partition coefficient (Wildman–Crippen LogP) is 3.52. The first-order chi connectivity index (χ1) is 8.99. The van der Waals surface area contributed by atoms with Gasteiger partial charge in [0.2, 0.25) is 0 Å². The number of pyridine rings is 1. The van der Waals surface area contributed by atoms with Crippen LogP contribution >= 0.6 is 0 Å². The van der Waals surface area contributed by atoms with Crippen LogP contribution in [0.5, 0.6) is 5.75 Å². The van der Waals surface area contributed by atoms with E-state index in [9.17, 15) is 0 Å². The third-order valence-corrected chi connectivity index (χ3v) is 2.70. The molecule has 0 atom stereocenters. The van der Waals surface area contributed by atoms with E-state index in [1.807, 2.05) is 24.3 Å². The van der Waals surface area contributed by atoms with E-state index in [1.165, 1.54) is 0 Å². The molecule has 2 aromatic rings. The van der Waals surface area contributed by atoms with Crippen LogP contribution in [-0.4, -0.2) is 17.1 Å². The molecular formula is C16H22N2O. The lowest BCUT2D eigenvalue weighted by Crippen LogP contribution is -2.23. The molecule has 3 heteroatoms. The first-order valence-corrected chi connectivity index (χ1v) is 6.78. The van der Waals surface area contributed by atoms with Crippen LogP contribution in [0.15, 0.2) is 30.3 Å². The summed E-state index contributed by atoms with van der Waals surface area (Å²) in [5.41, 5.74) is 1.79. The minimum Gasteiger partial charge on any atom is -0.487 e. The predicted molar refractivity (Wildman–Crippen MR) is 79.5 cm³/mol. The molecule has 0 unspecified atom stereocenters. The standard InChI is InChI=1S/C16H22N2O/c1-5-17-11-12-10-15(19-16(2,3)4)13-8-6-7-9-14(13)18-12/h6-10,17H,5,11H2,1-4H3. The summed E-state index contributed by atoms with van der Waals surface area (Å²) in [6.07, 6.45) is 0. The molecule has 0 fully saturated rings. The van der Waals surface area contributed by atoms with E-state index in [-0.39, 0.29) is 5.60 Å². The van der Waals surface area contributed by atoms with Crippen LogP contribution in [0.2, 0.25) is 0 Å². The van der Waals surface area contributed by atoms with Gasteiger partial charge in [0, 0.05) is 18.0 Å². The fourth-order valence-electron chi connectivity index (χ4n) is 1.95. The van der Waals surface area contributed by atoms with Crippen molar-refractivity contribution < 1.29 is 4.74 Å². The van der Waals surface area contributed by atoms with Crippen molar-refractivity contribution in [1.29, 1.82) is 0 Å². The summed E-state index contributed by atoms with van der Waals surface area (Å²) in [7, 11) is 0. The van der Waals surface area contributed by atoms with E-state index in [1.54, 1.807) is 0 Å².